The third-order valence-electron chi connectivity index (χ3n) is 3.68. The van der Waals surface area contributed by atoms with Gasteiger partial charge in [0.15, 0.2) is 5.96 Å². The number of aliphatic imine (C=N–C) groups is 1. The van der Waals surface area contributed by atoms with E-state index in [0.717, 1.165) is 51.8 Å². The Morgan fingerprint density at radius 3 is 2.64 bits per heavy atom. The Kier molecular flexibility index (Phi) is 11.1. The van der Waals surface area contributed by atoms with E-state index in [1.54, 1.807) is 0 Å². The van der Waals surface area contributed by atoms with Gasteiger partial charge in [-0.25, -0.2) is 0 Å². The Bertz CT molecular complexity index is 288. The van der Waals surface area contributed by atoms with Gasteiger partial charge in [-0.3, -0.25) is 4.99 Å². The van der Waals surface area contributed by atoms with E-state index in [4.69, 9.17) is 4.74 Å². The molecule has 0 aromatic rings. The lowest BCUT2D eigenvalue weighted by molar-refractivity contribution is 0.109. The Morgan fingerprint density at radius 2 is 1.95 bits per heavy atom. The lowest BCUT2D eigenvalue weighted by atomic mass is 10.1. The first-order valence-electron chi connectivity index (χ1n) is 9.04. The van der Waals surface area contributed by atoms with Crippen LogP contribution in [0.2, 0.25) is 0 Å². The van der Waals surface area contributed by atoms with Crippen LogP contribution in [0.1, 0.15) is 46.5 Å². The van der Waals surface area contributed by atoms with Gasteiger partial charge in [0, 0.05) is 39.4 Å². The highest BCUT2D eigenvalue weighted by Gasteiger charge is 2.09. The van der Waals surface area contributed by atoms with Gasteiger partial charge in [0.25, 0.3) is 0 Å². The Morgan fingerprint density at radius 1 is 1.18 bits per heavy atom. The van der Waals surface area contributed by atoms with E-state index in [1.165, 1.54) is 32.4 Å². The molecule has 1 fully saturated rings. The van der Waals surface area contributed by atoms with Crippen LogP contribution >= 0.6 is 0 Å². The molecule has 1 rings (SSSR count). The maximum Gasteiger partial charge on any atom is 0.191 e. The maximum atomic E-state index is 5.58. The van der Waals surface area contributed by atoms with Crippen LogP contribution in [-0.4, -0.2) is 63.3 Å². The molecular weight excluding hydrogens is 276 g/mol. The van der Waals surface area contributed by atoms with Crippen molar-refractivity contribution in [2.24, 2.45) is 10.9 Å². The molecule has 0 spiro atoms. The monoisotopic (exact) mass is 312 g/mol. The second-order valence-electron chi connectivity index (χ2n) is 6.41. The van der Waals surface area contributed by atoms with Gasteiger partial charge in [0.05, 0.1) is 0 Å². The molecule has 0 aromatic carbocycles. The van der Waals surface area contributed by atoms with Gasteiger partial charge in [-0.2, -0.15) is 0 Å². The van der Waals surface area contributed by atoms with Gasteiger partial charge in [-0.15, -0.1) is 0 Å². The number of nitrogens with zero attached hydrogens (tertiary/aromatic N) is 2. The maximum absolute atomic E-state index is 5.58. The fraction of sp³-hybridized carbons (Fsp3) is 0.941. The van der Waals surface area contributed by atoms with Crippen molar-refractivity contribution in [1.29, 1.82) is 0 Å². The van der Waals surface area contributed by atoms with E-state index in [0.29, 0.717) is 5.92 Å². The first kappa shape index (κ1) is 19.2. The first-order chi connectivity index (χ1) is 10.7. The molecule has 0 aliphatic carbocycles. The molecule has 1 aliphatic rings. The second kappa shape index (κ2) is 12.7. The standard InChI is InChI=1S/C17H36N4O/c1-4-18-17(19-9-8-14-22-15-16(2)3)20-10-13-21-11-6-5-7-12-21/h16H,4-15H2,1-3H3,(H2,18,19,20). The highest BCUT2D eigenvalue weighted by atomic mass is 16.5. The van der Waals surface area contributed by atoms with Crippen LogP contribution in [0, 0.1) is 5.92 Å². The van der Waals surface area contributed by atoms with Gasteiger partial charge in [0.1, 0.15) is 0 Å². The fourth-order valence-corrected chi connectivity index (χ4v) is 2.53. The molecule has 130 valence electrons. The van der Waals surface area contributed by atoms with Crippen LogP contribution < -0.4 is 10.6 Å². The molecule has 22 heavy (non-hydrogen) atoms. The van der Waals surface area contributed by atoms with Gasteiger partial charge in [0.2, 0.25) is 0 Å². The quantitative estimate of drug-likeness (QED) is 0.368. The number of likely N-dealkylation sites (tertiary alicyclic amines) is 1. The van der Waals surface area contributed by atoms with E-state index in [-0.39, 0.29) is 0 Å². The van der Waals surface area contributed by atoms with Crippen LogP contribution in [0.25, 0.3) is 0 Å². The zero-order chi connectivity index (χ0) is 16.0. The number of piperidine rings is 1. The van der Waals surface area contributed by atoms with Crippen LogP contribution in [-0.2, 0) is 4.74 Å². The van der Waals surface area contributed by atoms with E-state index in [1.807, 2.05) is 0 Å². The van der Waals surface area contributed by atoms with Crippen molar-refractivity contribution in [1.82, 2.24) is 15.5 Å². The summed E-state index contributed by atoms with van der Waals surface area (Å²) in [6.07, 6.45) is 5.08. The van der Waals surface area contributed by atoms with Crippen molar-refractivity contribution in [3.8, 4) is 0 Å². The minimum absolute atomic E-state index is 0.609. The number of hydrogen-bond donors (Lipinski definition) is 2. The molecule has 1 saturated heterocycles. The summed E-state index contributed by atoms with van der Waals surface area (Å²) < 4.78 is 5.58. The van der Waals surface area contributed by atoms with Crippen molar-refractivity contribution in [2.75, 3.05) is 52.5 Å². The van der Waals surface area contributed by atoms with Crippen molar-refractivity contribution in [3.63, 3.8) is 0 Å². The number of rotatable bonds is 10. The molecule has 0 radical (unpaired) electrons. The van der Waals surface area contributed by atoms with Crippen molar-refractivity contribution < 1.29 is 4.74 Å². The summed E-state index contributed by atoms with van der Waals surface area (Å²) in [5.74, 6) is 1.54. The molecule has 2 N–H and O–H groups in total. The van der Waals surface area contributed by atoms with Crippen molar-refractivity contribution in [2.45, 2.75) is 46.5 Å². The summed E-state index contributed by atoms with van der Waals surface area (Å²) in [4.78, 5) is 7.15. The molecule has 0 unspecified atom stereocenters. The molecule has 0 amide bonds. The molecule has 1 aliphatic heterocycles. The van der Waals surface area contributed by atoms with Gasteiger partial charge in [-0.05, 0) is 45.2 Å². The molecule has 0 bridgehead atoms. The van der Waals surface area contributed by atoms with Crippen LogP contribution in [0.4, 0.5) is 0 Å². The number of guanidine groups is 1. The van der Waals surface area contributed by atoms with E-state index in [9.17, 15) is 0 Å². The average Bonchev–Trinajstić information content (AvgIpc) is 2.51. The lowest BCUT2D eigenvalue weighted by Gasteiger charge is -2.26. The summed E-state index contributed by atoms with van der Waals surface area (Å²) >= 11 is 0. The van der Waals surface area contributed by atoms with Crippen LogP contribution in [0.5, 0.6) is 0 Å². The number of ether oxygens (including phenoxy) is 1. The van der Waals surface area contributed by atoms with Crippen LogP contribution in [0.15, 0.2) is 4.99 Å². The van der Waals surface area contributed by atoms with Crippen LogP contribution in [0.3, 0.4) is 0 Å². The molecule has 5 heteroatoms. The molecule has 1 heterocycles. The lowest BCUT2D eigenvalue weighted by Crippen LogP contribution is -2.42. The average molecular weight is 313 g/mol. The van der Waals surface area contributed by atoms with E-state index < -0.39 is 0 Å². The molecule has 5 nitrogen and oxygen atoms in total. The van der Waals surface area contributed by atoms with Gasteiger partial charge >= 0.3 is 0 Å². The molecule has 0 saturated carbocycles. The highest BCUT2D eigenvalue weighted by Crippen LogP contribution is 2.07. The Labute approximate surface area is 136 Å². The van der Waals surface area contributed by atoms with E-state index in [2.05, 4.69) is 41.3 Å². The summed E-state index contributed by atoms with van der Waals surface area (Å²) in [6, 6.07) is 0. The normalized spacial score (nSPS) is 17.0. The SMILES string of the molecule is CCNC(=NCCCOCC(C)C)NCCN1CCCCC1. The van der Waals surface area contributed by atoms with Gasteiger partial charge in [-0.1, -0.05) is 20.3 Å². The topological polar surface area (TPSA) is 48.9 Å². The second-order valence-corrected chi connectivity index (χ2v) is 6.41. The van der Waals surface area contributed by atoms with Gasteiger partial charge < -0.3 is 20.3 Å². The minimum atomic E-state index is 0.609. The van der Waals surface area contributed by atoms with Crippen molar-refractivity contribution in [3.05, 3.63) is 0 Å². The smallest absolute Gasteiger partial charge is 0.191 e. The summed E-state index contributed by atoms with van der Waals surface area (Å²) in [6.45, 7) is 14.4. The number of nitrogens with one attached hydrogen (secondary N) is 2. The minimum Gasteiger partial charge on any atom is -0.381 e. The predicted molar refractivity (Wildman–Crippen MR) is 94.5 cm³/mol. The highest BCUT2D eigenvalue weighted by molar-refractivity contribution is 5.79. The van der Waals surface area contributed by atoms with Crippen molar-refractivity contribution >= 4 is 5.96 Å². The molecule has 0 aromatic heterocycles. The third-order valence-corrected chi connectivity index (χ3v) is 3.68. The Hall–Kier alpha value is -0.810. The largest absolute Gasteiger partial charge is 0.381 e. The molecular formula is C17H36N4O. The zero-order valence-electron chi connectivity index (χ0n) is 14.9. The Balaban J connectivity index is 2.12. The number of hydrogen-bond acceptors (Lipinski definition) is 3. The summed E-state index contributed by atoms with van der Waals surface area (Å²) in [5, 5.41) is 6.74. The van der Waals surface area contributed by atoms with E-state index >= 15 is 0 Å². The fourth-order valence-electron chi connectivity index (χ4n) is 2.53. The zero-order valence-corrected chi connectivity index (χ0v) is 14.9. The molecule has 0 atom stereocenters. The predicted octanol–water partition coefficient (Wildman–Crippen LogP) is 2.09. The first-order valence-corrected chi connectivity index (χ1v) is 9.04. The summed E-state index contributed by atoms with van der Waals surface area (Å²) in [5.41, 5.74) is 0. The third kappa shape index (κ3) is 10.0. The summed E-state index contributed by atoms with van der Waals surface area (Å²) in [7, 11) is 0.